The van der Waals surface area contributed by atoms with Gasteiger partial charge in [-0.15, -0.1) is 0 Å². The summed E-state index contributed by atoms with van der Waals surface area (Å²) in [6.07, 6.45) is 5.45. The van der Waals surface area contributed by atoms with Gasteiger partial charge in [-0.05, 0) is 19.3 Å². The van der Waals surface area contributed by atoms with Crippen LogP contribution in [-0.4, -0.2) is 33.8 Å². The normalized spacial score (nSPS) is 24.8. The fourth-order valence-electron chi connectivity index (χ4n) is 2.85. The van der Waals surface area contributed by atoms with E-state index in [1.165, 1.54) is 0 Å². The zero-order valence-corrected chi connectivity index (χ0v) is 10.3. The zero-order valence-electron chi connectivity index (χ0n) is 10.3. The van der Waals surface area contributed by atoms with Crippen LogP contribution in [0.4, 0.5) is 0 Å². The molecule has 1 N–H and O–H groups in total. The van der Waals surface area contributed by atoms with Gasteiger partial charge < -0.3 is 14.4 Å². The first-order valence-corrected chi connectivity index (χ1v) is 6.60. The second kappa shape index (κ2) is 4.72. The van der Waals surface area contributed by atoms with E-state index in [0.29, 0.717) is 18.8 Å². The Morgan fingerprint density at radius 1 is 1.39 bits per heavy atom. The molecule has 3 heterocycles. The predicted molar refractivity (Wildman–Crippen MR) is 64.5 cm³/mol. The molecule has 3 rings (SSSR count). The van der Waals surface area contributed by atoms with Gasteiger partial charge in [0.15, 0.2) is 0 Å². The van der Waals surface area contributed by atoms with Crippen molar-refractivity contribution in [1.29, 1.82) is 0 Å². The van der Waals surface area contributed by atoms with E-state index in [4.69, 9.17) is 9.84 Å². The van der Waals surface area contributed by atoms with Gasteiger partial charge in [-0.1, -0.05) is 0 Å². The number of nitrogens with zero attached hydrogens (tertiary/aromatic N) is 2. The Labute approximate surface area is 106 Å². The minimum Gasteiger partial charge on any atom is -0.481 e. The van der Waals surface area contributed by atoms with Crippen molar-refractivity contribution < 1.29 is 14.6 Å². The average molecular weight is 250 g/mol. The fraction of sp³-hybridized carbons (Fsp3) is 0.692. The molecular weight excluding hydrogens is 232 g/mol. The van der Waals surface area contributed by atoms with E-state index >= 15 is 0 Å². The van der Waals surface area contributed by atoms with Crippen molar-refractivity contribution in [3.8, 4) is 0 Å². The quantitative estimate of drug-likeness (QED) is 0.862. The molecule has 0 saturated carbocycles. The average Bonchev–Trinajstić information content (AvgIpc) is 2.82. The van der Waals surface area contributed by atoms with Crippen LogP contribution in [0.2, 0.25) is 0 Å². The fourth-order valence-corrected chi connectivity index (χ4v) is 2.85. The number of carbonyl (C=O) groups is 1. The molecule has 1 fully saturated rings. The Hall–Kier alpha value is -1.36. The number of carboxylic acids is 1. The molecule has 0 spiro atoms. The molecule has 5 heteroatoms. The molecule has 98 valence electrons. The number of rotatable bonds is 2. The van der Waals surface area contributed by atoms with Crippen LogP contribution >= 0.6 is 0 Å². The van der Waals surface area contributed by atoms with Crippen LogP contribution in [0.3, 0.4) is 0 Å². The molecule has 0 aliphatic carbocycles. The number of ether oxygens (including phenoxy) is 1. The summed E-state index contributed by atoms with van der Waals surface area (Å²) in [4.78, 5) is 15.7. The number of hydrogen-bond donors (Lipinski definition) is 1. The van der Waals surface area contributed by atoms with Gasteiger partial charge >= 0.3 is 5.97 Å². The predicted octanol–water partition coefficient (Wildman–Crippen LogP) is 1.42. The van der Waals surface area contributed by atoms with Crippen molar-refractivity contribution in [2.75, 3.05) is 13.2 Å². The first-order valence-electron chi connectivity index (χ1n) is 6.60. The molecule has 0 radical (unpaired) electrons. The maximum atomic E-state index is 11.0. The molecular formula is C13H18N2O3. The van der Waals surface area contributed by atoms with Crippen LogP contribution < -0.4 is 0 Å². The van der Waals surface area contributed by atoms with Crippen molar-refractivity contribution in [3.05, 3.63) is 17.7 Å². The van der Waals surface area contributed by atoms with Crippen molar-refractivity contribution in [1.82, 2.24) is 9.55 Å². The zero-order chi connectivity index (χ0) is 12.5. The smallest absolute Gasteiger partial charge is 0.307 e. The molecule has 1 saturated heterocycles. The lowest BCUT2D eigenvalue weighted by molar-refractivity contribution is -0.142. The number of imidazole rings is 1. The summed E-state index contributed by atoms with van der Waals surface area (Å²) < 4.78 is 7.49. The first-order chi connectivity index (χ1) is 8.74. The standard InChI is InChI=1S/C13H18N2O3/c16-13(17)10-1-4-15-8-11(14-12(15)7-10)9-2-5-18-6-3-9/h8-10H,1-7H2,(H,16,17). The van der Waals surface area contributed by atoms with Gasteiger partial charge in [-0.2, -0.15) is 0 Å². The highest BCUT2D eigenvalue weighted by atomic mass is 16.5. The SMILES string of the molecule is O=C(O)C1CCn2cc(C3CCOCC3)nc2C1. The van der Waals surface area contributed by atoms with Crippen LogP contribution in [0, 0.1) is 5.92 Å². The van der Waals surface area contributed by atoms with E-state index in [1.54, 1.807) is 0 Å². The Bertz CT molecular complexity index is 449. The summed E-state index contributed by atoms with van der Waals surface area (Å²) in [7, 11) is 0. The van der Waals surface area contributed by atoms with Gasteiger partial charge in [0, 0.05) is 38.3 Å². The van der Waals surface area contributed by atoms with Crippen LogP contribution in [0.5, 0.6) is 0 Å². The molecule has 0 aromatic carbocycles. The molecule has 1 aromatic heterocycles. The largest absolute Gasteiger partial charge is 0.481 e. The lowest BCUT2D eigenvalue weighted by Gasteiger charge is -2.19. The Balaban J connectivity index is 1.78. The number of fused-ring (bicyclic) bond motifs is 1. The van der Waals surface area contributed by atoms with E-state index in [9.17, 15) is 4.79 Å². The number of aryl methyl sites for hydroxylation is 1. The third-order valence-electron chi connectivity index (χ3n) is 4.01. The van der Waals surface area contributed by atoms with Gasteiger partial charge in [0.25, 0.3) is 0 Å². The Morgan fingerprint density at radius 3 is 2.89 bits per heavy atom. The number of aliphatic carboxylic acids is 1. The molecule has 5 nitrogen and oxygen atoms in total. The van der Waals surface area contributed by atoms with E-state index in [-0.39, 0.29) is 5.92 Å². The number of aromatic nitrogens is 2. The van der Waals surface area contributed by atoms with E-state index in [0.717, 1.165) is 44.1 Å². The van der Waals surface area contributed by atoms with Crippen LogP contribution in [-0.2, 0) is 22.5 Å². The molecule has 1 atom stereocenters. The summed E-state index contributed by atoms with van der Waals surface area (Å²) in [6, 6.07) is 0. The number of carboxylic acid groups (broad SMARTS) is 1. The van der Waals surface area contributed by atoms with Crippen LogP contribution in [0.25, 0.3) is 0 Å². The van der Waals surface area contributed by atoms with E-state index < -0.39 is 5.97 Å². The maximum Gasteiger partial charge on any atom is 0.307 e. The van der Waals surface area contributed by atoms with Crippen LogP contribution in [0.15, 0.2) is 6.20 Å². The third-order valence-corrected chi connectivity index (χ3v) is 4.01. The van der Waals surface area contributed by atoms with Crippen molar-refractivity contribution in [2.24, 2.45) is 5.92 Å². The highest BCUT2D eigenvalue weighted by molar-refractivity contribution is 5.70. The van der Waals surface area contributed by atoms with E-state index in [1.807, 2.05) is 0 Å². The topological polar surface area (TPSA) is 64.3 Å². The minimum absolute atomic E-state index is 0.262. The summed E-state index contributed by atoms with van der Waals surface area (Å²) >= 11 is 0. The van der Waals surface area contributed by atoms with Crippen molar-refractivity contribution in [2.45, 2.75) is 38.1 Å². The highest BCUT2D eigenvalue weighted by Crippen LogP contribution is 2.28. The molecule has 0 amide bonds. The highest BCUT2D eigenvalue weighted by Gasteiger charge is 2.27. The Morgan fingerprint density at radius 2 is 2.17 bits per heavy atom. The molecule has 18 heavy (non-hydrogen) atoms. The second-order valence-electron chi connectivity index (χ2n) is 5.19. The van der Waals surface area contributed by atoms with Crippen LogP contribution in [0.1, 0.15) is 36.7 Å². The van der Waals surface area contributed by atoms with E-state index in [2.05, 4.69) is 15.7 Å². The molecule has 2 aliphatic heterocycles. The minimum atomic E-state index is -0.697. The van der Waals surface area contributed by atoms with Gasteiger partial charge in [0.1, 0.15) is 5.82 Å². The monoisotopic (exact) mass is 250 g/mol. The van der Waals surface area contributed by atoms with Gasteiger partial charge in [0.05, 0.1) is 11.6 Å². The van der Waals surface area contributed by atoms with Crippen molar-refractivity contribution >= 4 is 5.97 Å². The summed E-state index contributed by atoms with van der Waals surface area (Å²) in [5.41, 5.74) is 1.12. The van der Waals surface area contributed by atoms with Crippen molar-refractivity contribution in [3.63, 3.8) is 0 Å². The molecule has 2 aliphatic rings. The molecule has 0 bridgehead atoms. The summed E-state index contributed by atoms with van der Waals surface area (Å²) in [5, 5.41) is 9.07. The second-order valence-corrected chi connectivity index (χ2v) is 5.19. The van der Waals surface area contributed by atoms with Gasteiger partial charge in [0.2, 0.25) is 0 Å². The third kappa shape index (κ3) is 2.14. The van der Waals surface area contributed by atoms with Gasteiger partial charge in [-0.3, -0.25) is 4.79 Å². The lowest BCUT2D eigenvalue weighted by Crippen LogP contribution is -2.25. The maximum absolute atomic E-state index is 11.0. The van der Waals surface area contributed by atoms with Gasteiger partial charge in [-0.25, -0.2) is 4.98 Å². The summed E-state index contributed by atoms with van der Waals surface area (Å²) in [5.74, 6) is 0.467. The summed E-state index contributed by atoms with van der Waals surface area (Å²) in [6.45, 7) is 2.40. The lowest BCUT2D eigenvalue weighted by atomic mass is 9.97. The molecule has 1 aromatic rings. The Kier molecular flexibility index (Phi) is 3.07. The first kappa shape index (κ1) is 11.7. The molecule has 1 unspecified atom stereocenters. The number of hydrogen-bond acceptors (Lipinski definition) is 3.